The van der Waals surface area contributed by atoms with Crippen molar-refractivity contribution in [1.82, 2.24) is 9.88 Å². The van der Waals surface area contributed by atoms with Crippen molar-refractivity contribution in [3.63, 3.8) is 0 Å². The summed E-state index contributed by atoms with van der Waals surface area (Å²) in [4.78, 5) is 0. The zero-order valence-corrected chi connectivity index (χ0v) is 12.4. The van der Waals surface area contributed by atoms with E-state index in [0.717, 1.165) is 31.8 Å². The molecule has 0 unspecified atom stereocenters. The first-order valence-corrected chi connectivity index (χ1v) is 7.31. The van der Waals surface area contributed by atoms with E-state index in [0.29, 0.717) is 0 Å². The number of ether oxygens (including phenoxy) is 1. The van der Waals surface area contributed by atoms with Crippen LogP contribution in [0.4, 0.5) is 0 Å². The molecular formula is C17H24N2O. The van der Waals surface area contributed by atoms with Crippen LogP contribution in [0.2, 0.25) is 0 Å². The molecule has 3 heteroatoms. The lowest BCUT2D eigenvalue weighted by atomic mass is 10.1. The van der Waals surface area contributed by atoms with Crippen molar-refractivity contribution < 1.29 is 4.74 Å². The van der Waals surface area contributed by atoms with Gasteiger partial charge in [0.05, 0.1) is 7.11 Å². The molecule has 1 aromatic carbocycles. The molecule has 1 aromatic heterocycles. The summed E-state index contributed by atoms with van der Waals surface area (Å²) in [5.74, 6) is 0.930. The molecule has 1 heterocycles. The number of hydrogen-bond donors (Lipinski definition) is 1. The monoisotopic (exact) mass is 272 g/mol. The highest BCUT2D eigenvalue weighted by Crippen LogP contribution is 2.12. The highest BCUT2D eigenvalue weighted by Gasteiger charge is 2.00. The summed E-state index contributed by atoms with van der Waals surface area (Å²) in [6.07, 6.45) is 4.35. The molecule has 0 bridgehead atoms. The van der Waals surface area contributed by atoms with Crippen molar-refractivity contribution >= 4 is 0 Å². The maximum Gasteiger partial charge on any atom is 0.119 e. The Morgan fingerprint density at radius 3 is 2.90 bits per heavy atom. The second-order valence-corrected chi connectivity index (χ2v) is 4.97. The van der Waals surface area contributed by atoms with E-state index in [9.17, 15) is 0 Å². The van der Waals surface area contributed by atoms with E-state index in [1.54, 1.807) is 7.11 Å². The predicted molar refractivity (Wildman–Crippen MR) is 83.1 cm³/mol. The average molecular weight is 272 g/mol. The summed E-state index contributed by atoms with van der Waals surface area (Å²) in [6, 6.07) is 12.6. The van der Waals surface area contributed by atoms with Crippen molar-refractivity contribution in [2.24, 2.45) is 0 Å². The second-order valence-electron chi connectivity index (χ2n) is 4.97. The predicted octanol–water partition coefficient (Wildman–Crippen LogP) is 3.24. The smallest absolute Gasteiger partial charge is 0.119 e. The van der Waals surface area contributed by atoms with E-state index >= 15 is 0 Å². The number of rotatable bonds is 8. The molecule has 2 rings (SSSR count). The normalized spacial score (nSPS) is 10.7. The standard InChI is InChI=1S/C17H24N2O/c1-3-11-19-12-5-7-16(19)14-18-10-9-15-6-4-8-17(13-15)20-2/h4-8,12-13,18H,3,9-11,14H2,1-2H3. The van der Waals surface area contributed by atoms with Gasteiger partial charge in [-0.1, -0.05) is 19.1 Å². The Labute approximate surface area is 121 Å². The molecule has 3 nitrogen and oxygen atoms in total. The highest BCUT2D eigenvalue weighted by molar-refractivity contribution is 5.28. The van der Waals surface area contributed by atoms with Gasteiger partial charge in [0, 0.05) is 25.0 Å². The van der Waals surface area contributed by atoms with Crippen LogP contribution in [0, 0.1) is 0 Å². The van der Waals surface area contributed by atoms with Gasteiger partial charge in [0.25, 0.3) is 0 Å². The van der Waals surface area contributed by atoms with Crippen molar-refractivity contribution in [1.29, 1.82) is 0 Å². The van der Waals surface area contributed by atoms with E-state index < -0.39 is 0 Å². The Bertz CT molecular complexity index is 519. The molecule has 20 heavy (non-hydrogen) atoms. The van der Waals surface area contributed by atoms with Gasteiger partial charge >= 0.3 is 0 Å². The summed E-state index contributed by atoms with van der Waals surface area (Å²) in [7, 11) is 1.71. The van der Waals surface area contributed by atoms with Crippen LogP contribution < -0.4 is 10.1 Å². The van der Waals surface area contributed by atoms with Crippen LogP contribution >= 0.6 is 0 Å². The van der Waals surface area contributed by atoms with Crippen LogP contribution in [-0.2, 0) is 19.5 Å². The van der Waals surface area contributed by atoms with E-state index in [-0.39, 0.29) is 0 Å². The van der Waals surface area contributed by atoms with Gasteiger partial charge < -0.3 is 14.6 Å². The van der Waals surface area contributed by atoms with Crippen LogP contribution in [0.15, 0.2) is 42.6 Å². The van der Waals surface area contributed by atoms with E-state index in [1.807, 2.05) is 12.1 Å². The molecule has 0 saturated carbocycles. The molecule has 0 spiro atoms. The summed E-state index contributed by atoms with van der Waals surface area (Å²) in [5.41, 5.74) is 2.67. The minimum atomic E-state index is 0.928. The molecule has 1 N–H and O–H groups in total. The topological polar surface area (TPSA) is 26.2 Å². The van der Waals surface area contributed by atoms with Crippen LogP contribution in [0.25, 0.3) is 0 Å². The summed E-state index contributed by atoms with van der Waals surface area (Å²) in [5, 5.41) is 3.51. The van der Waals surface area contributed by atoms with Crippen LogP contribution in [0.3, 0.4) is 0 Å². The maximum atomic E-state index is 5.24. The second kappa shape index (κ2) is 7.75. The molecule has 0 fully saturated rings. The van der Waals surface area contributed by atoms with E-state index in [1.165, 1.54) is 17.7 Å². The van der Waals surface area contributed by atoms with Gasteiger partial charge in [-0.25, -0.2) is 0 Å². The van der Waals surface area contributed by atoms with Gasteiger partial charge in [-0.15, -0.1) is 0 Å². The number of nitrogens with one attached hydrogen (secondary N) is 1. The van der Waals surface area contributed by atoms with Crippen LogP contribution in [0.5, 0.6) is 5.75 Å². The first-order valence-electron chi connectivity index (χ1n) is 7.31. The van der Waals surface area contributed by atoms with Crippen molar-refractivity contribution in [3.8, 4) is 5.75 Å². The minimum Gasteiger partial charge on any atom is -0.497 e. The fourth-order valence-corrected chi connectivity index (χ4v) is 2.35. The fraction of sp³-hybridized carbons (Fsp3) is 0.412. The van der Waals surface area contributed by atoms with Gasteiger partial charge in [-0.05, 0) is 49.2 Å². The quantitative estimate of drug-likeness (QED) is 0.747. The number of aromatic nitrogens is 1. The largest absolute Gasteiger partial charge is 0.497 e. The molecule has 0 atom stereocenters. The number of hydrogen-bond acceptors (Lipinski definition) is 2. The summed E-state index contributed by atoms with van der Waals surface area (Å²) < 4.78 is 7.56. The molecule has 0 radical (unpaired) electrons. The lowest BCUT2D eigenvalue weighted by molar-refractivity contribution is 0.414. The lowest BCUT2D eigenvalue weighted by Crippen LogP contribution is -2.18. The summed E-state index contributed by atoms with van der Waals surface area (Å²) >= 11 is 0. The number of methoxy groups -OCH3 is 1. The molecule has 0 aliphatic carbocycles. The highest BCUT2D eigenvalue weighted by atomic mass is 16.5. The summed E-state index contributed by atoms with van der Waals surface area (Å²) in [6.45, 7) is 5.21. The molecule has 0 amide bonds. The van der Waals surface area contributed by atoms with Gasteiger partial charge in [0.2, 0.25) is 0 Å². The van der Waals surface area contributed by atoms with Crippen molar-refractivity contribution in [3.05, 3.63) is 53.9 Å². The molecule has 108 valence electrons. The van der Waals surface area contributed by atoms with Gasteiger partial charge in [0.15, 0.2) is 0 Å². The third-order valence-corrected chi connectivity index (χ3v) is 3.42. The molecule has 0 aliphatic heterocycles. The third-order valence-electron chi connectivity index (χ3n) is 3.42. The van der Waals surface area contributed by atoms with Crippen LogP contribution in [-0.4, -0.2) is 18.2 Å². The Hall–Kier alpha value is -1.74. The molecule has 0 saturated heterocycles. The Balaban J connectivity index is 1.77. The SMILES string of the molecule is CCCn1cccc1CNCCc1cccc(OC)c1. The fourth-order valence-electron chi connectivity index (χ4n) is 2.35. The zero-order chi connectivity index (χ0) is 14.2. The van der Waals surface area contributed by atoms with Gasteiger partial charge in [-0.2, -0.15) is 0 Å². The number of aryl methyl sites for hydroxylation is 1. The van der Waals surface area contributed by atoms with Crippen molar-refractivity contribution in [2.45, 2.75) is 32.9 Å². The zero-order valence-electron chi connectivity index (χ0n) is 12.4. The minimum absolute atomic E-state index is 0.928. The third kappa shape index (κ3) is 4.14. The molecule has 0 aliphatic rings. The first kappa shape index (κ1) is 14.7. The Morgan fingerprint density at radius 2 is 2.10 bits per heavy atom. The van der Waals surface area contributed by atoms with Gasteiger partial charge in [-0.3, -0.25) is 0 Å². The Kier molecular flexibility index (Phi) is 5.69. The van der Waals surface area contributed by atoms with Crippen molar-refractivity contribution in [2.75, 3.05) is 13.7 Å². The maximum absolute atomic E-state index is 5.24. The lowest BCUT2D eigenvalue weighted by Gasteiger charge is -2.09. The first-order chi connectivity index (χ1) is 9.83. The molecule has 2 aromatic rings. The average Bonchev–Trinajstić information content (AvgIpc) is 2.92. The van der Waals surface area contributed by atoms with Gasteiger partial charge in [0.1, 0.15) is 5.75 Å². The molecular weight excluding hydrogens is 248 g/mol. The van der Waals surface area contributed by atoms with E-state index in [2.05, 4.69) is 47.3 Å². The van der Waals surface area contributed by atoms with E-state index in [4.69, 9.17) is 4.74 Å². The number of nitrogens with zero attached hydrogens (tertiary/aromatic N) is 1. The number of benzene rings is 1. The Morgan fingerprint density at radius 1 is 1.20 bits per heavy atom. The van der Waals surface area contributed by atoms with Crippen LogP contribution in [0.1, 0.15) is 24.6 Å².